The number of hydrogen-bond acceptors (Lipinski definition) is 3. The van der Waals surface area contributed by atoms with Crippen LogP contribution in [0.25, 0.3) is 11.8 Å². The smallest absolute Gasteiger partial charge is 0.318 e. The number of hydrogen-bond donors (Lipinski definition) is 1. The summed E-state index contributed by atoms with van der Waals surface area (Å²) in [5.41, 5.74) is 6.33. The zero-order valence-corrected chi connectivity index (χ0v) is 20.0. The van der Waals surface area contributed by atoms with Crippen LogP contribution in [0, 0.1) is 20.8 Å². The molecule has 4 amide bonds. The Balaban J connectivity index is 1.68. The van der Waals surface area contributed by atoms with Gasteiger partial charge in [0.2, 0.25) is 0 Å². The third kappa shape index (κ3) is 4.44. The van der Waals surface area contributed by atoms with E-state index in [1.165, 1.54) is 5.56 Å². The van der Waals surface area contributed by atoms with E-state index in [1.807, 2.05) is 39.0 Å². The predicted molar refractivity (Wildman–Crippen MR) is 134 cm³/mol. The molecule has 0 unspecified atom stereocenters. The third-order valence-electron chi connectivity index (χ3n) is 6.18. The Morgan fingerprint density at radius 3 is 2.18 bits per heavy atom. The van der Waals surface area contributed by atoms with Gasteiger partial charge in [-0.3, -0.25) is 14.9 Å². The summed E-state index contributed by atoms with van der Waals surface area (Å²) in [6.07, 6.45) is 4.95. The summed E-state index contributed by atoms with van der Waals surface area (Å²) in [5.74, 6) is -1.33. The molecule has 6 nitrogen and oxygen atoms in total. The first kappa shape index (κ1) is 23.2. The van der Waals surface area contributed by atoms with Crippen molar-refractivity contribution in [3.8, 4) is 5.69 Å². The van der Waals surface area contributed by atoms with Gasteiger partial charge >= 0.3 is 6.03 Å². The van der Waals surface area contributed by atoms with Gasteiger partial charge in [-0.05, 0) is 81.1 Å². The number of urea groups is 1. The van der Waals surface area contributed by atoms with Gasteiger partial charge < -0.3 is 4.57 Å². The number of benzene rings is 2. The monoisotopic (exact) mass is 455 g/mol. The molecule has 2 heterocycles. The number of unbranched alkanes of at least 4 members (excludes halogenated alkanes) is 1. The van der Waals surface area contributed by atoms with E-state index in [2.05, 4.69) is 41.1 Å². The predicted octanol–water partition coefficient (Wildman–Crippen LogP) is 5.41. The molecule has 0 aliphatic carbocycles. The average Bonchev–Trinajstić information content (AvgIpc) is 3.09. The zero-order chi connectivity index (χ0) is 24.4. The van der Waals surface area contributed by atoms with Crippen molar-refractivity contribution in [2.45, 2.75) is 47.0 Å². The summed E-state index contributed by atoms with van der Waals surface area (Å²) in [6.45, 7) is 8.05. The van der Waals surface area contributed by atoms with Crippen LogP contribution >= 0.6 is 0 Å². The Bertz CT molecular complexity index is 1280. The van der Waals surface area contributed by atoms with E-state index in [-0.39, 0.29) is 5.57 Å². The normalized spacial score (nSPS) is 15.2. The summed E-state index contributed by atoms with van der Waals surface area (Å²) >= 11 is 0. The average molecular weight is 456 g/mol. The number of aryl methyl sites for hydroxylation is 3. The number of amides is 4. The van der Waals surface area contributed by atoms with Crippen LogP contribution in [0.15, 0.2) is 60.2 Å². The van der Waals surface area contributed by atoms with Crippen molar-refractivity contribution in [3.63, 3.8) is 0 Å². The Morgan fingerprint density at radius 2 is 1.53 bits per heavy atom. The maximum atomic E-state index is 13.2. The van der Waals surface area contributed by atoms with Gasteiger partial charge in [-0.15, -0.1) is 0 Å². The number of carbonyl (C=O) groups is 3. The molecule has 6 heteroatoms. The van der Waals surface area contributed by atoms with Crippen molar-refractivity contribution in [1.29, 1.82) is 0 Å². The van der Waals surface area contributed by atoms with Gasteiger partial charge in [0.05, 0.1) is 5.69 Å². The summed E-state index contributed by atoms with van der Waals surface area (Å²) in [4.78, 5) is 39.2. The SMILES string of the molecule is CCCCc1ccc(-n2c(C)cc(/C=C3\C(=O)NC(=O)N(c4ccc(C)cc4)C3=O)c2C)cc1. The molecule has 1 fully saturated rings. The first-order chi connectivity index (χ1) is 16.3. The van der Waals surface area contributed by atoms with Crippen molar-refractivity contribution >= 4 is 29.6 Å². The van der Waals surface area contributed by atoms with Crippen LogP contribution in [-0.4, -0.2) is 22.4 Å². The number of carbonyl (C=O) groups excluding carboxylic acids is 3. The van der Waals surface area contributed by atoms with Crippen molar-refractivity contribution < 1.29 is 14.4 Å². The molecule has 174 valence electrons. The highest BCUT2D eigenvalue weighted by Gasteiger charge is 2.37. The van der Waals surface area contributed by atoms with Crippen molar-refractivity contribution in [2.24, 2.45) is 0 Å². The molecule has 1 N–H and O–H groups in total. The third-order valence-corrected chi connectivity index (χ3v) is 6.18. The fourth-order valence-corrected chi connectivity index (χ4v) is 4.26. The maximum Gasteiger partial charge on any atom is 0.335 e. The van der Waals surface area contributed by atoms with Crippen LogP contribution in [0.4, 0.5) is 10.5 Å². The van der Waals surface area contributed by atoms with Gasteiger partial charge in [0, 0.05) is 17.1 Å². The van der Waals surface area contributed by atoms with E-state index in [0.717, 1.165) is 52.4 Å². The Kier molecular flexibility index (Phi) is 6.50. The molecule has 34 heavy (non-hydrogen) atoms. The Morgan fingerprint density at radius 1 is 0.882 bits per heavy atom. The highest BCUT2D eigenvalue weighted by Crippen LogP contribution is 2.26. The molecule has 1 aliphatic rings. The van der Waals surface area contributed by atoms with Crippen LogP contribution in [0.5, 0.6) is 0 Å². The molecular formula is C28H29N3O3. The minimum atomic E-state index is -0.746. The molecular weight excluding hydrogens is 426 g/mol. The maximum absolute atomic E-state index is 13.2. The summed E-state index contributed by atoms with van der Waals surface area (Å²) in [7, 11) is 0. The fraction of sp³-hybridized carbons (Fsp3) is 0.250. The lowest BCUT2D eigenvalue weighted by Crippen LogP contribution is -2.54. The molecule has 1 saturated heterocycles. The number of nitrogens with one attached hydrogen (secondary N) is 1. The standard InChI is InChI=1S/C28H29N3O3/c1-5-6-7-21-10-14-23(15-11-21)30-19(3)16-22(20(30)4)17-25-26(32)29-28(34)31(27(25)33)24-12-8-18(2)9-13-24/h8-17H,5-7H2,1-4H3,(H,29,32,34)/b25-17+. The van der Waals surface area contributed by atoms with Crippen LogP contribution < -0.4 is 10.2 Å². The fourth-order valence-electron chi connectivity index (χ4n) is 4.26. The van der Waals surface area contributed by atoms with E-state index in [0.29, 0.717) is 5.69 Å². The summed E-state index contributed by atoms with van der Waals surface area (Å²) in [6, 6.07) is 16.7. The number of nitrogens with zero attached hydrogens (tertiary/aromatic N) is 2. The lowest BCUT2D eigenvalue weighted by atomic mass is 10.1. The second-order valence-electron chi connectivity index (χ2n) is 8.73. The highest BCUT2D eigenvalue weighted by molar-refractivity contribution is 6.39. The molecule has 0 saturated carbocycles. The molecule has 2 aromatic carbocycles. The highest BCUT2D eigenvalue weighted by atomic mass is 16.2. The van der Waals surface area contributed by atoms with Crippen molar-refractivity contribution in [1.82, 2.24) is 9.88 Å². The van der Waals surface area contributed by atoms with Crippen LogP contribution in [0.1, 0.15) is 47.8 Å². The van der Waals surface area contributed by atoms with E-state index in [1.54, 1.807) is 18.2 Å². The molecule has 3 aromatic rings. The Labute approximate surface area is 199 Å². The van der Waals surface area contributed by atoms with E-state index >= 15 is 0 Å². The summed E-state index contributed by atoms with van der Waals surface area (Å²) < 4.78 is 2.10. The molecule has 0 spiro atoms. The molecule has 1 aliphatic heterocycles. The second-order valence-corrected chi connectivity index (χ2v) is 8.73. The number of aromatic nitrogens is 1. The largest absolute Gasteiger partial charge is 0.335 e. The van der Waals surface area contributed by atoms with Crippen LogP contribution in [0.3, 0.4) is 0 Å². The van der Waals surface area contributed by atoms with Crippen LogP contribution in [-0.2, 0) is 16.0 Å². The lowest BCUT2D eigenvalue weighted by Gasteiger charge is -2.26. The van der Waals surface area contributed by atoms with Gasteiger partial charge in [0.15, 0.2) is 0 Å². The molecule has 0 bridgehead atoms. The number of imide groups is 2. The van der Waals surface area contributed by atoms with E-state index < -0.39 is 17.8 Å². The van der Waals surface area contributed by atoms with Crippen LogP contribution in [0.2, 0.25) is 0 Å². The zero-order valence-electron chi connectivity index (χ0n) is 20.0. The topological polar surface area (TPSA) is 71.4 Å². The van der Waals surface area contributed by atoms with E-state index in [4.69, 9.17) is 0 Å². The van der Waals surface area contributed by atoms with Gasteiger partial charge in [-0.1, -0.05) is 43.2 Å². The minimum Gasteiger partial charge on any atom is -0.318 e. The molecule has 1 aromatic heterocycles. The lowest BCUT2D eigenvalue weighted by molar-refractivity contribution is -0.122. The second kappa shape index (κ2) is 9.51. The quantitative estimate of drug-likeness (QED) is 0.399. The number of anilines is 1. The van der Waals surface area contributed by atoms with Gasteiger partial charge in [0.25, 0.3) is 11.8 Å². The van der Waals surface area contributed by atoms with Gasteiger partial charge in [0.1, 0.15) is 5.57 Å². The van der Waals surface area contributed by atoms with Gasteiger partial charge in [-0.2, -0.15) is 0 Å². The van der Waals surface area contributed by atoms with Crippen molar-refractivity contribution in [3.05, 3.63) is 88.2 Å². The number of rotatable bonds is 6. The number of barbiturate groups is 1. The van der Waals surface area contributed by atoms with Gasteiger partial charge in [-0.25, -0.2) is 9.69 Å². The summed E-state index contributed by atoms with van der Waals surface area (Å²) in [5, 5.41) is 2.29. The molecule has 0 radical (unpaired) electrons. The van der Waals surface area contributed by atoms with E-state index in [9.17, 15) is 14.4 Å². The molecule has 4 rings (SSSR count). The molecule has 0 atom stereocenters. The van der Waals surface area contributed by atoms with Crippen molar-refractivity contribution in [2.75, 3.05) is 4.90 Å². The Hall–Kier alpha value is -3.93. The minimum absolute atomic E-state index is 0.0738. The first-order valence-electron chi connectivity index (χ1n) is 11.6. The first-order valence-corrected chi connectivity index (χ1v) is 11.6.